The minimum absolute atomic E-state index is 0.0383. The van der Waals surface area contributed by atoms with Crippen molar-refractivity contribution in [1.82, 2.24) is 20.9 Å². The van der Waals surface area contributed by atoms with E-state index in [4.69, 9.17) is 11.6 Å². The summed E-state index contributed by atoms with van der Waals surface area (Å²) in [6, 6.07) is -0.188. The average Bonchev–Trinajstić information content (AvgIpc) is 3.46. The third-order valence-corrected chi connectivity index (χ3v) is 7.00. The number of hydrogen-bond acceptors (Lipinski definition) is 3. The first-order valence-corrected chi connectivity index (χ1v) is 10.7. The molecular weight excluding hydrogens is 459 g/mol. The number of nitrogens with zero attached hydrogens (tertiary/aromatic N) is 1. The molecule has 3 fully saturated rings. The minimum atomic E-state index is -4.32. The summed E-state index contributed by atoms with van der Waals surface area (Å²) in [5.74, 6) is -2.97. The molecule has 0 unspecified atom stereocenters. The third kappa shape index (κ3) is 4.12. The van der Waals surface area contributed by atoms with E-state index in [1.165, 1.54) is 11.0 Å². The maximum atomic E-state index is 14.8. The summed E-state index contributed by atoms with van der Waals surface area (Å²) < 4.78 is 68.9. The maximum Gasteiger partial charge on any atom is 0.406 e. The average molecular weight is 481 g/mol. The molecule has 176 valence electrons. The Morgan fingerprint density at radius 1 is 1.22 bits per heavy atom. The predicted molar refractivity (Wildman–Crippen MR) is 105 cm³/mol. The summed E-state index contributed by atoms with van der Waals surface area (Å²) in [4.78, 5) is 25.5. The second-order valence-corrected chi connectivity index (χ2v) is 8.89. The normalized spacial score (nSPS) is 24.6. The molecule has 3 aliphatic rings. The lowest BCUT2D eigenvalue weighted by Crippen LogP contribution is -2.53. The first-order chi connectivity index (χ1) is 15.0. The van der Waals surface area contributed by atoms with Gasteiger partial charge in [-0.3, -0.25) is 9.69 Å². The standard InChI is InChI=1S/C20H22ClF5N4O2/c21-14-12(22)2-1-11(15(14)23)16(29-17(31)13-9-27-18(32)28-13)10-3-7-30(8-4-10)19(5-6-19)20(24,25)26/h1-2,10,13,16H,3-9H2,(H,29,31)(H2,27,28,32)/t13-,16+/m0/s1. The van der Waals surface area contributed by atoms with Gasteiger partial charge in [-0.25, -0.2) is 13.6 Å². The Bertz CT molecular complexity index is 916. The lowest BCUT2D eigenvalue weighted by atomic mass is 9.84. The predicted octanol–water partition coefficient (Wildman–Crippen LogP) is 3.26. The Labute approximate surface area is 185 Å². The largest absolute Gasteiger partial charge is 0.406 e. The summed E-state index contributed by atoms with van der Waals surface area (Å²) in [5.41, 5.74) is -1.83. The number of amides is 3. The van der Waals surface area contributed by atoms with Gasteiger partial charge in [-0.05, 0) is 50.8 Å². The van der Waals surface area contributed by atoms with E-state index in [0.717, 1.165) is 6.07 Å². The molecule has 2 saturated heterocycles. The van der Waals surface area contributed by atoms with Gasteiger partial charge in [0.25, 0.3) is 0 Å². The van der Waals surface area contributed by atoms with Gasteiger partial charge in [0.1, 0.15) is 28.2 Å². The second kappa shape index (κ2) is 8.33. The zero-order valence-electron chi connectivity index (χ0n) is 16.9. The monoisotopic (exact) mass is 480 g/mol. The highest BCUT2D eigenvalue weighted by molar-refractivity contribution is 6.31. The molecule has 2 heterocycles. The van der Waals surface area contributed by atoms with Crippen LogP contribution in [0.1, 0.15) is 37.3 Å². The molecular formula is C20H22ClF5N4O2. The van der Waals surface area contributed by atoms with Crippen LogP contribution >= 0.6 is 11.6 Å². The van der Waals surface area contributed by atoms with Crippen LogP contribution in [-0.2, 0) is 4.79 Å². The molecule has 1 aromatic rings. The highest BCUT2D eigenvalue weighted by Gasteiger charge is 2.66. The number of benzene rings is 1. The van der Waals surface area contributed by atoms with E-state index >= 15 is 0 Å². The number of urea groups is 1. The number of halogens is 6. The van der Waals surface area contributed by atoms with E-state index < -0.39 is 58.3 Å². The molecule has 1 saturated carbocycles. The maximum absolute atomic E-state index is 14.8. The van der Waals surface area contributed by atoms with Crippen molar-refractivity contribution in [2.45, 2.75) is 49.5 Å². The van der Waals surface area contributed by atoms with E-state index in [-0.39, 0.29) is 50.9 Å². The van der Waals surface area contributed by atoms with Gasteiger partial charge < -0.3 is 16.0 Å². The fraction of sp³-hybridized carbons (Fsp3) is 0.600. The van der Waals surface area contributed by atoms with Crippen LogP contribution < -0.4 is 16.0 Å². The van der Waals surface area contributed by atoms with Gasteiger partial charge in [-0.15, -0.1) is 0 Å². The molecule has 4 rings (SSSR count). The molecule has 0 spiro atoms. The zero-order chi connectivity index (χ0) is 23.3. The molecule has 3 amide bonds. The topological polar surface area (TPSA) is 73.5 Å². The summed E-state index contributed by atoms with van der Waals surface area (Å²) in [7, 11) is 0. The van der Waals surface area contributed by atoms with Crippen LogP contribution in [0.15, 0.2) is 12.1 Å². The van der Waals surface area contributed by atoms with Crippen LogP contribution in [0, 0.1) is 17.6 Å². The first kappa shape index (κ1) is 23.0. The van der Waals surface area contributed by atoms with Gasteiger partial charge in [0.15, 0.2) is 0 Å². The number of likely N-dealkylation sites (tertiary alicyclic amines) is 1. The van der Waals surface area contributed by atoms with Crippen LogP contribution in [0.2, 0.25) is 5.02 Å². The summed E-state index contributed by atoms with van der Waals surface area (Å²) in [6.45, 7) is 0.306. The minimum Gasteiger partial charge on any atom is -0.347 e. The molecule has 0 radical (unpaired) electrons. The molecule has 3 N–H and O–H groups in total. The SMILES string of the molecule is O=C1NC[C@@H](C(=O)N[C@@H](c2ccc(F)c(Cl)c2F)C2CCN(C3(C(F)(F)F)CC3)CC2)N1. The Balaban J connectivity index is 1.54. The van der Waals surface area contributed by atoms with Crippen LogP contribution in [0.4, 0.5) is 26.7 Å². The number of rotatable bonds is 5. The molecule has 1 aromatic carbocycles. The molecule has 12 heteroatoms. The van der Waals surface area contributed by atoms with Gasteiger partial charge in [-0.2, -0.15) is 13.2 Å². The van der Waals surface area contributed by atoms with Crippen molar-refractivity contribution in [3.05, 3.63) is 34.4 Å². The highest BCUT2D eigenvalue weighted by Crippen LogP contribution is 2.54. The number of nitrogens with one attached hydrogen (secondary N) is 3. The van der Waals surface area contributed by atoms with Gasteiger partial charge in [0, 0.05) is 12.1 Å². The molecule has 2 aliphatic heterocycles. The van der Waals surface area contributed by atoms with Crippen molar-refractivity contribution in [3.63, 3.8) is 0 Å². The molecule has 0 aromatic heterocycles. The zero-order valence-corrected chi connectivity index (χ0v) is 17.6. The smallest absolute Gasteiger partial charge is 0.347 e. The van der Waals surface area contributed by atoms with Crippen molar-refractivity contribution in [2.24, 2.45) is 5.92 Å². The third-order valence-electron chi connectivity index (χ3n) is 6.65. The molecule has 6 nitrogen and oxygen atoms in total. The summed E-state index contributed by atoms with van der Waals surface area (Å²) >= 11 is 5.73. The van der Waals surface area contributed by atoms with Gasteiger partial charge >= 0.3 is 12.2 Å². The van der Waals surface area contributed by atoms with E-state index in [0.29, 0.717) is 0 Å². The number of piperidine rings is 1. The second-order valence-electron chi connectivity index (χ2n) is 8.51. The van der Waals surface area contributed by atoms with E-state index in [2.05, 4.69) is 16.0 Å². The highest BCUT2D eigenvalue weighted by atomic mass is 35.5. The van der Waals surface area contributed by atoms with Crippen molar-refractivity contribution >= 4 is 23.5 Å². The molecule has 1 aliphatic carbocycles. The molecule has 32 heavy (non-hydrogen) atoms. The number of carbonyl (C=O) groups is 2. The summed E-state index contributed by atoms with van der Waals surface area (Å²) in [6.07, 6.45) is -3.67. The number of alkyl halides is 3. The quantitative estimate of drug-likeness (QED) is 0.447. The number of carbonyl (C=O) groups excluding carboxylic acids is 2. The lowest BCUT2D eigenvalue weighted by molar-refractivity contribution is -0.200. The van der Waals surface area contributed by atoms with Crippen LogP contribution in [0.5, 0.6) is 0 Å². The Morgan fingerprint density at radius 2 is 1.88 bits per heavy atom. The Hall–Kier alpha value is -2.14. The van der Waals surface area contributed by atoms with Crippen molar-refractivity contribution in [1.29, 1.82) is 0 Å². The first-order valence-electron chi connectivity index (χ1n) is 10.3. The van der Waals surface area contributed by atoms with Gasteiger partial charge in [0.05, 0.1) is 6.04 Å². The fourth-order valence-corrected chi connectivity index (χ4v) is 4.83. The van der Waals surface area contributed by atoms with E-state index in [9.17, 15) is 31.5 Å². The Kier molecular flexibility index (Phi) is 6.00. The van der Waals surface area contributed by atoms with Crippen LogP contribution in [0.3, 0.4) is 0 Å². The van der Waals surface area contributed by atoms with Crippen molar-refractivity contribution in [2.75, 3.05) is 19.6 Å². The van der Waals surface area contributed by atoms with E-state index in [1.54, 1.807) is 0 Å². The van der Waals surface area contributed by atoms with Gasteiger partial charge in [-0.1, -0.05) is 17.7 Å². The Morgan fingerprint density at radius 3 is 2.41 bits per heavy atom. The molecule has 2 atom stereocenters. The van der Waals surface area contributed by atoms with Crippen molar-refractivity contribution < 1.29 is 31.5 Å². The molecule has 0 bridgehead atoms. The van der Waals surface area contributed by atoms with Crippen molar-refractivity contribution in [3.8, 4) is 0 Å². The summed E-state index contributed by atoms with van der Waals surface area (Å²) in [5, 5.41) is 6.85. The van der Waals surface area contributed by atoms with Crippen LogP contribution in [0.25, 0.3) is 0 Å². The van der Waals surface area contributed by atoms with E-state index in [1.807, 2.05) is 0 Å². The van der Waals surface area contributed by atoms with Crippen LogP contribution in [-0.4, -0.2) is 54.2 Å². The fourth-order valence-electron chi connectivity index (χ4n) is 4.66. The van der Waals surface area contributed by atoms with Gasteiger partial charge in [0.2, 0.25) is 5.91 Å². The lowest BCUT2D eigenvalue weighted by Gasteiger charge is -2.41. The number of hydrogen-bond donors (Lipinski definition) is 3.